The standard InChI is InChI=1S/C14H21N3O/c1-10-5-3-4-6-12(10)7-8-15-14(18)13-9-11(2)16-17-13/h3-6,11,13,16-17H,7-9H2,1-2H3,(H,15,18). The largest absolute Gasteiger partial charge is 0.354 e. The third-order valence-corrected chi connectivity index (χ3v) is 3.36. The SMILES string of the molecule is Cc1ccccc1CCNC(=O)C1CC(C)NN1. The molecule has 1 aliphatic heterocycles. The van der Waals surface area contributed by atoms with Crippen molar-refractivity contribution in [2.24, 2.45) is 0 Å². The van der Waals surface area contributed by atoms with Crippen LogP contribution in [0, 0.1) is 6.92 Å². The number of aryl methyl sites for hydroxylation is 1. The molecule has 1 amide bonds. The van der Waals surface area contributed by atoms with Crippen LogP contribution in [-0.4, -0.2) is 24.5 Å². The number of carbonyl (C=O) groups is 1. The van der Waals surface area contributed by atoms with Gasteiger partial charge in [0.05, 0.1) is 0 Å². The van der Waals surface area contributed by atoms with Crippen molar-refractivity contribution >= 4 is 5.91 Å². The van der Waals surface area contributed by atoms with Gasteiger partial charge in [0.1, 0.15) is 6.04 Å². The van der Waals surface area contributed by atoms with Crippen molar-refractivity contribution in [2.75, 3.05) is 6.54 Å². The second kappa shape index (κ2) is 5.98. The first-order chi connectivity index (χ1) is 8.66. The topological polar surface area (TPSA) is 53.2 Å². The molecule has 1 fully saturated rings. The van der Waals surface area contributed by atoms with Gasteiger partial charge >= 0.3 is 0 Å². The maximum Gasteiger partial charge on any atom is 0.238 e. The van der Waals surface area contributed by atoms with Crippen molar-refractivity contribution < 1.29 is 4.79 Å². The Kier molecular flexibility index (Phi) is 4.33. The van der Waals surface area contributed by atoms with E-state index in [0.29, 0.717) is 12.6 Å². The molecule has 1 aromatic rings. The van der Waals surface area contributed by atoms with Crippen molar-refractivity contribution in [3.05, 3.63) is 35.4 Å². The molecule has 4 heteroatoms. The molecule has 0 spiro atoms. The van der Waals surface area contributed by atoms with Gasteiger partial charge in [-0.15, -0.1) is 0 Å². The van der Waals surface area contributed by atoms with Gasteiger partial charge in [0, 0.05) is 12.6 Å². The lowest BCUT2D eigenvalue weighted by Gasteiger charge is -2.11. The fraction of sp³-hybridized carbons (Fsp3) is 0.500. The Morgan fingerprint density at radius 2 is 2.17 bits per heavy atom. The van der Waals surface area contributed by atoms with E-state index in [9.17, 15) is 4.79 Å². The lowest BCUT2D eigenvalue weighted by molar-refractivity contribution is -0.122. The Labute approximate surface area is 108 Å². The molecule has 2 rings (SSSR count). The molecule has 0 radical (unpaired) electrons. The predicted molar refractivity (Wildman–Crippen MR) is 72.0 cm³/mol. The van der Waals surface area contributed by atoms with Crippen LogP contribution in [0.25, 0.3) is 0 Å². The number of hydrogen-bond acceptors (Lipinski definition) is 3. The van der Waals surface area contributed by atoms with Crippen molar-refractivity contribution in [1.82, 2.24) is 16.2 Å². The number of hydrogen-bond donors (Lipinski definition) is 3. The van der Waals surface area contributed by atoms with Crippen LogP contribution in [-0.2, 0) is 11.2 Å². The normalized spacial score (nSPS) is 23.0. The Hall–Kier alpha value is -1.39. The summed E-state index contributed by atoms with van der Waals surface area (Å²) in [6, 6.07) is 8.54. The average molecular weight is 247 g/mol. The highest BCUT2D eigenvalue weighted by Crippen LogP contribution is 2.07. The molecule has 2 atom stereocenters. The third kappa shape index (κ3) is 3.31. The quantitative estimate of drug-likeness (QED) is 0.741. The monoisotopic (exact) mass is 247 g/mol. The molecule has 18 heavy (non-hydrogen) atoms. The van der Waals surface area contributed by atoms with Crippen LogP contribution in [0.4, 0.5) is 0 Å². The van der Waals surface area contributed by atoms with E-state index in [-0.39, 0.29) is 11.9 Å². The number of amides is 1. The van der Waals surface area contributed by atoms with E-state index in [2.05, 4.69) is 42.1 Å². The fourth-order valence-electron chi connectivity index (χ4n) is 2.22. The highest BCUT2D eigenvalue weighted by Gasteiger charge is 2.25. The van der Waals surface area contributed by atoms with Crippen molar-refractivity contribution in [3.63, 3.8) is 0 Å². The molecule has 4 nitrogen and oxygen atoms in total. The van der Waals surface area contributed by atoms with Crippen LogP contribution in [0.3, 0.4) is 0 Å². The zero-order valence-corrected chi connectivity index (χ0v) is 11.0. The van der Waals surface area contributed by atoms with E-state index in [0.717, 1.165) is 12.8 Å². The van der Waals surface area contributed by atoms with Gasteiger partial charge in [-0.25, -0.2) is 5.43 Å². The van der Waals surface area contributed by atoms with E-state index in [4.69, 9.17) is 0 Å². The summed E-state index contributed by atoms with van der Waals surface area (Å²) in [5.74, 6) is 0.0837. The van der Waals surface area contributed by atoms with Crippen LogP contribution in [0.15, 0.2) is 24.3 Å². The van der Waals surface area contributed by atoms with Crippen LogP contribution in [0.2, 0.25) is 0 Å². The highest BCUT2D eigenvalue weighted by atomic mass is 16.2. The lowest BCUT2D eigenvalue weighted by Crippen LogP contribution is -2.43. The molecule has 0 bridgehead atoms. The Bertz CT molecular complexity index is 419. The number of nitrogens with one attached hydrogen (secondary N) is 3. The lowest BCUT2D eigenvalue weighted by atomic mass is 10.1. The average Bonchev–Trinajstić information content (AvgIpc) is 2.78. The second-order valence-electron chi connectivity index (χ2n) is 4.95. The zero-order chi connectivity index (χ0) is 13.0. The van der Waals surface area contributed by atoms with Gasteiger partial charge in [0.2, 0.25) is 5.91 Å². The van der Waals surface area contributed by atoms with E-state index in [1.54, 1.807) is 0 Å². The van der Waals surface area contributed by atoms with Gasteiger partial charge in [-0.1, -0.05) is 24.3 Å². The first kappa shape index (κ1) is 13.1. The molecule has 0 aliphatic carbocycles. The first-order valence-electron chi connectivity index (χ1n) is 6.50. The van der Waals surface area contributed by atoms with E-state index in [1.807, 2.05) is 12.1 Å². The maximum atomic E-state index is 11.9. The van der Waals surface area contributed by atoms with Gasteiger partial charge in [0.15, 0.2) is 0 Å². The molecule has 0 saturated carbocycles. The van der Waals surface area contributed by atoms with Crippen LogP contribution >= 0.6 is 0 Å². The van der Waals surface area contributed by atoms with Crippen molar-refractivity contribution in [1.29, 1.82) is 0 Å². The summed E-state index contributed by atoms with van der Waals surface area (Å²) in [5.41, 5.74) is 8.63. The van der Waals surface area contributed by atoms with E-state index in [1.165, 1.54) is 11.1 Å². The molecule has 1 aliphatic rings. The van der Waals surface area contributed by atoms with Gasteiger partial charge in [0.25, 0.3) is 0 Å². The number of rotatable bonds is 4. The minimum Gasteiger partial charge on any atom is -0.354 e. The molecular weight excluding hydrogens is 226 g/mol. The summed E-state index contributed by atoms with van der Waals surface area (Å²) in [6.45, 7) is 4.85. The van der Waals surface area contributed by atoms with Crippen LogP contribution in [0.5, 0.6) is 0 Å². The minimum absolute atomic E-state index is 0.0837. The third-order valence-electron chi connectivity index (χ3n) is 3.36. The fourth-order valence-corrected chi connectivity index (χ4v) is 2.22. The van der Waals surface area contributed by atoms with Crippen molar-refractivity contribution in [2.45, 2.75) is 38.8 Å². The summed E-state index contributed by atoms with van der Waals surface area (Å²) in [6.07, 6.45) is 1.73. The summed E-state index contributed by atoms with van der Waals surface area (Å²) in [4.78, 5) is 11.9. The molecule has 1 heterocycles. The molecule has 1 saturated heterocycles. The molecule has 2 unspecified atom stereocenters. The molecule has 0 aromatic heterocycles. The Morgan fingerprint density at radius 1 is 1.39 bits per heavy atom. The van der Waals surface area contributed by atoms with Crippen LogP contribution in [0.1, 0.15) is 24.5 Å². The van der Waals surface area contributed by atoms with Gasteiger partial charge in [-0.05, 0) is 37.8 Å². The van der Waals surface area contributed by atoms with Gasteiger partial charge in [-0.3, -0.25) is 10.2 Å². The molecule has 1 aromatic carbocycles. The van der Waals surface area contributed by atoms with E-state index >= 15 is 0 Å². The summed E-state index contributed by atoms with van der Waals surface area (Å²) in [7, 11) is 0. The smallest absolute Gasteiger partial charge is 0.238 e. The molecular formula is C14H21N3O. The Morgan fingerprint density at radius 3 is 2.83 bits per heavy atom. The Balaban J connectivity index is 1.75. The zero-order valence-electron chi connectivity index (χ0n) is 11.0. The maximum absolute atomic E-state index is 11.9. The molecule has 3 N–H and O–H groups in total. The minimum atomic E-state index is -0.100. The van der Waals surface area contributed by atoms with Gasteiger partial charge < -0.3 is 5.32 Å². The second-order valence-corrected chi connectivity index (χ2v) is 4.95. The van der Waals surface area contributed by atoms with Gasteiger partial charge in [-0.2, -0.15) is 0 Å². The summed E-state index contributed by atoms with van der Waals surface area (Å²) in [5, 5.41) is 2.98. The highest BCUT2D eigenvalue weighted by molar-refractivity contribution is 5.82. The number of carbonyl (C=O) groups excluding carboxylic acids is 1. The van der Waals surface area contributed by atoms with Crippen molar-refractivity contribution in [3.8, 4) is 0 Å². The number of benzene rings is 1. The molecule has 98 valence electrons. The number of hydrazine groups is 1. The summed E-state index contributed by atoms with van der Waals surface area (Å²) >= 11 is 0. The summed E-state index contributed by atoms with van der Waals surface area (Å²) < 4.78 is 0. The van der Waals surface area contributed by atoms with E-state index < -0.39 is 0 Å². The predicted octanol–water partition coefficient (Wildman–Crippen LogP) is 0.909. The van der Waals surface area contributed by atoms with Crippen LogP contribution < -0.4 is 16.2 Å². The first-order valence-corrected chi connectivity index (χ1v) is 6.50.